The SMILES string of the molecule is c1ccc(B2c3ccccc3-c3cc4c(cc3N2c2ccccc2)c2ccccc2n4-c2ccccc2)cc1. The summed E-state index contributed by atoms with van der Waals surface area (Å²) < 4.78 is 2.41. The number of rotatable bonds is 3. The van der Waals surface area contributed by atoms with Gasteiger partial charge in [0.15, 0.2) is 0 Å². The zero-order valence-corrected chi connectivity index (χ0v) is 21.4. The minimum atomic E-state index is 0.0669. The third-order valence-corrected chi connectivity index (χ3v) is 8.02. The average Bonchev–Trinajstić information content (AvgIpc) is 3.34. The second kappa shape index (κ2) is 8.78. The molecule has 7 aromatic rings. The Bertz CT molecular complexity index is 1960. The topological polar surface area (TPSA) is 8.17 Å². The first-order chi connectivity index (χ1) is 19.4. The van der Waals surface area contributed by atoms with Crippen molar-refractivity contribution in [3.63, 3.8) is 0 Å². The summed E-state index contributed by atoms with van der Waals surface area (Å²) in [4.78, 5) is 2.53. The fourth-order valence-electron chi connectivity index (χ4n) is 6.37. The van der Waals surface area contributed by atoms with Crippen LogP contribution in [0.1, 0.15) is 0 Å². The molecule has 0 aliphatic carbocycles. The van der Waals surface area contributed by atoms with Gasteiger partial charge in [-0.2, -0.15) is 0 Å². The highest BCUT2D eigenvalue weighted by molar-refractivity contribution is 6.90. The third kappa shape index (κ3) is 3.37. The van der Waals surface area contributed by atoms with Crippen LogP contribution in [0.25, 0.3) is 38.6 Å². The van der Waals surface area contributed by atoms with Gasteiger partial charge in [0.05, 0.1) is 11.0 Å². The molecule has 39 heavy (non-hydrogen) atoms. The molecule has 0 spiro atoms. The van der Waals surface area contributed by atoms with E-state index in [9.17, 15) is 0 Å². The fourth-order valence-corrected chi connectivity index (χ4v) is 6.37. The highest BCUT2D eigenvalue weighted by Gasteiger charge is 2.37. The summed E-state index contributed by atoms with van der Waals surface area (Å²) in [6, 6.07) is 54.9. The third-order valence-electron chi connectivity index (χ3n) is 8.02. The average molecular weight is 496 g/mol. The van der Waals surface area contributed by atoms with Gasteiger partial charge in [-0.15, -0.1) is 0 Å². The monoisotopic (exact) mass is 496 g/mol. The first kappa shape index (κ1) is 22.0. The molecular weight excluding hydrogens is 471 g/mol. The van der Waals surface area contributed by atoms with Crippen LogP contribution in [0.3, 0.4) is 0 Å². The van der Waals surface area contributed by atoms with Crippen molar-refractivity contribution >= 4 is 51.0 Å². The van der Waals surface area contributed by atoms with E-state index in [4.69, 9.17) is 0 Å². The Labute approximate surface area is 228 Å². The number of hydrogen-bond acceptors (Lipinski definition) is 1. The number of anilines is 2. The van der Waals surface area contributed by atoms with E-state index in [0.717, 1.165) is 0 Å². The molecule has 1 aliphatic heterocycles. The maximum absolute atomic E-state index is 2.53. The van der Waals surface area contributed by atoms with Crippen LogP contribution in [0.2, 0.25) is 0 Å². The van der Waals surface area contributed by atoms with E-state index in [1.807, 2.05) is 0 Å². The van der Waals surface area contributed by atoms with Crippen molar-refractivity contribution in [1.29, 1.82) is 0 Å². The van der Waals surface area contributed by atoms with E-state index in [0.29, 0.717) is 0 Å². The summed E-state index contributed by atoms with van der Waals surface area (Å²) in [5.74, 6) is 0. The van der Waals surface area contributed by atoms with Gasteiger partial charge in [0.2, 0.25) is 0 Å². The van der Waals surface area contributed by atoms with Crippen molar-refractivity contribution < 1.29 is 0 Å². The maximum Gasteiger partial charge on any atom is 0.328 e. The Hall–Kier alpha value is -5.02. The van der Waals surface area contributed by atoms with Crippen LogP contribution in [-0.2, 0) is 0 Å². The molecular formula is C36H25BN2. The lowest BCUT2D eigenvalue weighted by Gasteiger charge is -2.39. The zero-order valence-electron chi connectivity index (χ0n) is 21.4. The zero-order chi connectivity index (χ0) is 25.8. The number of hydrogen-bond donors (Lipinski definition) is 0. The van der Waals surface area contributed by atoms with Gasteiger partial charge in [0.1, 0.15) is 0 Å². The highest BCUT2D eigenvalue weighted by Crippen LogP contribution is 2.44. The summed E-state index contributed by atoms with van der Waals surface area (Å²) in [5, 5.41) is 2.53. The molecule has 0 saturated heterocycles. The summed E-state index contributed by atoms with van der Waals surface area (Å²) in [6.07, 6.45) is 0. The summed E-state index contributed by atoms with van der Waals surface area (Å²) in [6.45, 7) is 0.0669. The van der Waals surface area contributed by atoms with E-state index < -0.39 is 0 Å². The summed E-state index contributed by atoms with van der Waals surface area (Å²) >= 11 is 0. The Kier molecular flexibility index (Phi) is 4.96. The minimum Gasteiger partial charge on any atom is -0.376 e. The van der Waals surface area contributed by atoms with Crippen molar-refractivity contribution in [3.05, 3.63) is 152 Å². The molecule has 2 heterocycles. The normalized spacial score (nSPS) is 12.5. The minimum absolute atomic E-state index is 0.0669. The standard InChI is InChI=1S/C36H25BN2/c1-4-14-26(15-5-1)37-33-22-12-10-20-29(33)31-24-35-32(25-36(31)39(37)28-18-8-3-9-19-28)30-21-11-13-23-34(30)38(35)27-16-6-2-7-17-27/h1-25H. The lowest BCUT2D eigenvalue weighted by molar-refractivity contribution is 1.18. The van der Waals surface area contributed by atoms with Crippen LogP contribution in [0.15, 0.2) is 152 Å². The smallest absolute Gasteiger partial charge is 0.328 e. The molecule has 0 saturated carbocycles. The van der Waals surface area contributed by atoms with Crippen LogP contribution in [-0.4, -0.2) is 11.4 Å². The van der Waals surface area contributed by atoms with E-state index in [1.54, 1.807) is 0 Å². The molecule has 0 radical (unpaired) electrons. The van der Waals surface area contributed by atoms with Crippen molar-refractivity contribution in [2.24, 2.45) is 0 Å². The second-order valence-corrected chi connectivity index (χ2v) is 10.2. The van der Waals surface area contributed by atoms with Gasteiger partial charge < -0.3 is 9.38 Å². The quantitative estimate of drug-likeness (QED) is 0.228. The molecule has 3 heteroatoms. The van der Waals surface area contributed by atoms with Gasteiger partial charge in [-0.25, -0.2) is 0 Å². The van der Waals surface area contributed by atoms with Gasteiger partial charge >= 0.3 is 6.85 Å². The molecule has 0 atom stereocenters. The van der Waals surface area contributed by atoms with E-state index in [2.05, 4.69) is 161 Å². The Morgan fingerprint density at radius 3 is 1.82 bits per heavy atom. The molecule has 182 valence electrons. The van der Waals surface area contributed by atoms with E-state index >= 15 is 0 Å². The first-order valence-corrected chi connectivity index (χ1v) is 13.5. The second-order valence-electron chi connectivity index (χ2n) is 10.2. The van der Waals surface area contributed by atoms with Crippen molar-refractivity contribution in [1.82, 2.24) is 4.57 Å². The van der Waals surface area contributed by atoms with Crippen molar-refractivity contribution in [3.8, 4) is 16.8 Å². The van der Waals surface area contributed by atoms with Crippen LogP contribution < -0.4 is 15.7 Å². The predicted molar refractivity (Wildman–Crippen MR) is 166 cm³/mol. The van der Waals surface area contributed by atoms with Gasteiger partial charge in [-0.05, 0) is 53.5 Å². The molecule has 0 bridgehead atoms. The van der Waals surface area contributed by atoms with Crippen LogP contribution in [0.5, 0.6) is 0 Å². The number of fused-ring (bicyclic) bond motifs is 6. The van der Waals surface area contributed by atoms with Crippen LogP contribution >= 0.6 is 0 Å². The molecule has 0 N–H and O–H groups in total. The Morgan fingerprint density at radius 2 is 1.05 bits per heavy atom. The van der Waals surface area contributed by atoms with Crippen molar-refractivity contribution in [2.45, 2.75) is 0 Å². The molecule has 1 aliphatic rings. The van der Waals surface area contributed by atoms with Gasteiger partial charge in [-0.3, -0.25) is 0 Å². The van der Waals surface area contributed by atoms with Crippen LogP contribution in [0, 0.1) is 0 Å². The lowest BCUT2D eigenvalue weighted by Crippen LogP contribution is -2.57. The molecule has 2 nitrogen and oxygen atoms in total. The molecule has 8 rings (SSSR count). The number of aromatic nitrogens is 1. The van der Waals surface area contributed by atoms with Crippen molar-refractivity contribution in [2.75, 3.05) is 4.81 Å². The summed E-state index contributed by atoms with van der Waals surface area (Å²) in [5.41, 5.74) is 11.2. The lowest BCUT2D eigenvalue weighted by atomic mass is 9.45. The predicted octanol–water partition coefficient (Wildman–Crippen LogP) is 7.71. The number of benzene rings is 6. The van der Waals surface area contributed by atoms with Gasteiger partial charge in [0.25, 0.3) is 0 Å². The van der Waals surface area contributed by atoms with Gasteiger partial charge in [0, 0.05) is 33.4 Å². The maximum atomic E-state index is 2.53. The molecule has 0 amide bonds. The van der Waals surface area contributed by atoms with Gasteiger partial charge in [-0.1, -0.05) is 115 Å². The first-order valence-electron chi connectivity index (χ1n) is 13.5. The van der Waals surface area contributed by atoms with E-state index in [1.165, 1.54) is 60.9 Å². The molecule has 0 fully saturated rings. The Balaban J connectivity index is 1.51. The molecule has 0 unspecified atom stereocenters. The molecule has 6 aromatic carbocycles. The molecule has 1 aromatic heterocycles. The van der Waals surface area contributed by atoms with E-state index in [-0.39, 0.29) is 6.85 Å². The number of nitrogens with zero attached hydrogens (tertiary/aromatic N) is 2. The van der Waals surface area contributed by atoms with Crippen LogP contribution in [0.4, 0.5) is 11.4 Å². The highest BCUT2D eigenvalue weighted by atomic mass is 15.1. The summed E-state index contributed by atoms with van der Waals surface area (Å²) in [7, 11) is 0. The Morgan fingerprint density at radius 1 is 0.436 bits per heavy atom. The fraction of sp³-hybridized carbons (Fsp3) is 0. The largest absolute Gasteiger partial charge is 0.376 e. The number of para-hydroxylation sites is 3.